The lowest BCUT2D eigenvalue weighted by molar-refractivity contribution is 0.0948. The average molecular weight is 381 g/mol. The van der Waals surface area contributed by atoms with E-state index in [9.17, 15) is 4.79 Å². The van der Waals surface area contributed by atoms with Crippen molar-refractivity contribution in [3.8, 4) is 0 Å². The molecule has 0 radical (unpaired) electrons. The minimum Gasteiger partial charge on any atom is -0.383 e. The number of aryl methyl sites for hydroxylation is 1. The Bertz CT molecular complexity index is 720. The fraction of sp³-hybridized carbons (Fsp3) is 0.611. The summed E-state index contributed by atoms with van der Waals surface area (Å²) in [5.74, 6) is 0.680. The summed E-state index contributed by atoms with van der Waals surface area (Å²) in [5, 5.41) is 7.28. The van der Waals surface area contributed by atoms with Crippen molar-refractivity contribution < 1.29 is 14.3 Å². The van der Waals surface area contributed by atoms with Crippen molar-refractivity contribution in [1.82, 2.24) is 15.3 Å². The summed E-state index contributed by atoms with van der Waals surface area (Å²) in [6, 6.07) is 0.160. The number of carbonyl (C=O) groups is 1. The van der Waals surface area contributed by atoms with Crippen LogP contribution in [0, 0.1) is 6.92 Å². The first-order valence-corrected chi connectivity index (χ1v) is 9.79. The summed E-state index contributed by atoms with van der Waals surface area (Å²) >= 11 is 1.40. The number of nitrogens with zero attached hydrogens (tertiary/aromatic N) is 2. The molecule has 26 heavy (non-hydrogen) atoms. The van der Waals surface area contributed by atoms with E-state index < -0.39 is 0 Å². The highest BCUT2D eigenvalue weighted by atomic mass is 32.1. The highest BCUT2D eigenvalue weighted by molar-refractivity contribution is 7.20. The molecular weight excluding hydrogens is 352 g/mol. The fourth-order valence-corrected chi connectivity index (χ4v) is 3.72. The number of amides is 1. The molecule has 0 unspecified atom stereocenters. The molecule has 0 spiro atoms. The molecule has 0 aromatic carbocycles. The highest BCUT2D eigenvalue weighted by Crippen LogP contribution is 2.33. The summed E-state index contributed by atoms with van der Waals surface area (Å²) < 4.78 is 10.5. The molecule has 0 bridgehead atoms. The van der Waals surface area contributed by atoms with Gasteiger partial charge >= 0.3 is 0 Å². The van der Waals surface area contributed by atoms with Gasteiger partial charge in [-0.3, -0.25) is 4.79 Å². The number of methoxy groups -OCH3 is 1. The van der Waals surface area contributed by atoms with E-state index in [4.69, 9.17) is 9.47 Å². The normalized spacial score (nSPS) is 12.3. The Labute approximate surface area is 158 Å². The van der Waals surface area contributed by atoms with Crippen LogP contribution in [0.2, 0.25) is 0 Å². The third-order valence-corrected chi connectivity index (χ3v) is 5.29. The number of thiophene rings is 1. The largest absolute Gasteiger partial charge is 0.383 e. The molecule has 0 saturated heterocycles. The number of anilines is 1. The Kier molecular flexibility index (Phi) is 8.21. The molecule has 1 amide bonds. The van der Waals surface area contributed by atoms with Gasteiger partial charge < -0.3 is 20.1 Å². The van der Waals surface area contributed by atoms with Crippen molar-refractivity contribution in [3.05, 3.63) is 16.8 Å². The van der Waals surface area contributed by atoms with Gasteiger partial charge in [0, 0.05) is 26.9 Å². The van der Waals surface area contributed by atoms with Gasteiger partial charge in [-0.1, -0.05) is 6.92 Å². The molecule has 0 saturated carbocycles. The van der Waals surface area contributed by atoms with Crippen molar-refractivity contribution >= 4 is 33.3 Å². The monoisotopic (exact) mass is 380 g/mol. The first kappa shape index (κ1) is 20.5. The lowest BCUT2D eigenvalue weighted by Crippen LogP contribution is -2.25. The number of ether oxygens (including phenoxy) is 2. The zero-order valence-corrected chi connectivity index (χ0v) is 16.7. The molecule has 0 fully saturated rings. The Balaban J connectivity index is 2.16. The summed E-state index contributed by atoms with van der Waals surface area (Å²) in [7, 11) is 1.68. The Morgan fingerprint density at radius 1 is 1.35 bits per heavy atom. The fourth-order valence-electron chi connectivity index (χ4n) is 2.65. The van der Waals surface area contributed by atoms with Crippen LogP contribution in [0.3, 0.4) is 0 Å². The van der Waals surface area contributed by atoms with Crippen molar-refractivity contribution in [1.29, 1.82) is 0 Å². The maximum absolute atomic E-state index is 12.5. The van der Waals surface area contributed by atoms with Gasteiger partial charge in [0.2, 0.25) is 0 Å². The standard InChI is InChI=1S/C18H28N4O3S/c1-5-13(10-24-4)22-16-14-12(3)15(26-18(14)21-11-20-16)17(23)19-8-7-9-25-6-2/h11,13H,5-10H2,1-4H3,(H,19,23)(H,20,21,22)/t13-/m0/s1. The van der Waals surface area contributed by atoms with Gasteiger partial charge in [0.1, 0.15) is 17.0 Å². The van der Waals surface area contributed by atoms with E-state index in [1.54, 1.807) is 7.11 Å². The average Bonchev–Trinajstić information content (AvgIpc) is 2.99. The number of aromatic nitrogens is 2. The predicted octanol–water partition coefficient (Wildman–Crippen LogP) is 2.99. The summed E-state index contributed by atoms with van der Waals surface area (Å²) in [6.07, 6.45) is 3.24. The summed E-state index contributed by atoms with van der Waals surface area (Å²) in [4.78, 5) is 22.8. The van der Waals surface area contributed by atoms with Gasteiger partial charge in [-0.25, -0.2) is 9.97 Å². The molecule has 0 aliphatic carbocycles. The van der Waals surface area contributed by atoms with Crippen LogP contribution < -0.4 is 10.6 Å². The minimum absolute atomic E-state index is 0.0723. The van der Waals surface area contributed by atoms with E-state index in [0.717, 1.165) is 34.4 Å². The maximum Gasteiger partial charge on any atom is 0.261 e. The van der Waals surface area contributed by atoms with Crippen LogP contribution in [0.15, 0.2) is 6.33 Å². The molecule has 144 valence electrons. The first-order chi connectivity index (χ1) is 12.6. The molecule has 2 aromatic heterocycles. The van der Waals surface area contributed by atoms with Crippen molar-refractivity contribution in [2.45, 2.75) is 39.7 Å². The van der Waals surface area contributed by atoms with E-state index >= 15 is 0 Å². The van der Waals surface area contributed by atoms with Gasteiger partial charge in [-0.2, -0.15) is 0 Å². The minimum atomic E-state index is -0.0723. The molecule has 0 aliphatic rings. The second-order valence-corrected chi connectivity index (χ2v) is 6.97. The van der Waals surface area contributed by atoms with Crippen LogP contribution in [0.5, 0.6) is 0 Å². The van der Waals surface area contributed by atoms with Crippen molar-refractivity contribution in [2.24, 2.45) is 0 Å². The molecule has 1 atom stereocenters. The zero-order valence-electron chi connectivity index (χ0n) is 15.9. The Morgan fingerprint density at radius 2 is 2.15 bits per heavy atom. The van der Waals surface area contributed by atoms with E-state index in [2.05, 4.69) is 27.5 Å². The topological polar surface area (TPSA) is 85.4 Å². The van der Waals surface area contributed by atoms with E-state index in [0.29, 0.717) is 31.2 Å². The number of hydrogen-bond donors (Lipinski definition) is 2. The Morgan fingerprint density at radius 3 is 2.85 bits per heavy atom. The number of nitrogens with one attached hydrogen (secondary N) is 2. The zero-order chi connectivity index (χ0) is 18.9. The van der Waals surface area contributed by atoms with Crippen molar-refractivity contribution in [3.63, 3.8) is 0 Å². The molecule has 2 rings (SSSR count). The van der Waals surface area contributed by atoms with Gasteiger partial charge in [0.05, 0.1) is 22.9 Å². The molecular formula is C18H28N4O3S. The van der Waals surface area contributed by atoms with Crippen LogP contribution in [0.1, 0.15) is 41.9 Å². The molecule has 2 N–H and O–H groups in total. The predicted molar refractivity (Wildman–Crippen MR) is 105 cm³/mol. The van der Waals surface area contributed by atoms with Gasteiger partial charge in [-0.05, 0) is 32.3 Å². The smallest absolute Gasteiger partial charge is 0.261 e. The molecule has 7 nitrogen and oxygen atoms in total. The molecule has 2 heterocycles. The van der Waals surface area contributed by atoms with Crippen LogP contribution in [-0.2, 0) is 9.47 Å². The lowest BCUT2D eigenvalue weighted by atomic mass is 10.1. The second-order valence-electron chi connectivity index (χ2n) is 5.97. The SMILES string of the molecule is CCOCCCNC(=O)c1sc2ncnc(N[C@@H](CC)COC)c2c1C. The number of fused-ring (bicyclic) bond motifs is 1. The highest BCUT2D eigenvalue weighted by Gasteiger charge is 2.20. The quantitative estimate of drug-likeness (QED) is 0.583. The maximum atomic E-state index is 12.5. The first-order valence-electron chi connectivity index (χ1n) is 8.97. The van der Waals surface area contributed by atoms with Gasteiger partial charge in [-0.15, -0.1) is 11.3 Å². The molecule has 0 aliphatic heterocycles. The van der Waals surface area contributed by atoms with Crippen molar-refractivity contribution in [2.75, 3.05) is 38.8 Å². The second kappa shape index (κ2) is 10.4. The van der Waals surface area contributed by atoms with Gasteiger partial charge in [0.15, 0.2) is 0 Å². The van der Waals surface area contributed by atoms with E-state index in [1.807, 2.05) is 13.8 Å². The number of rotatable bonds is 11. The lowest BCUT2D eigenvalue weighted by Gasteiger charge is -2.17. The van der Waals surface area contributed by atoms with E-state index in [1.165, 1.54) is 17.7 Å². The summed E-state index contributed by atoms with van der Waals surface area (Å²) in [5.41, 5.74) is 0.905. The third-order valence-electron chi connectivity index (χ3n) is 4.09. The van der Waals surface area contributed by atoms with Gasteiger partial charge in [0.25, 0.3) is 5.91 Å². The van der Waals surface area contributed by atoms with Crippen LogP contribution >= 0.6 is 11.3 Å². The number of hydrogen-bond acceptors (Lipinski definition) is 7. The molecule has 8 heteroatoms. The van der Waals surface area contributed by atoms with E-state index in [-0.39, 0.29) is 11.9 Å². The van der Waals surface area contributed by atoms with Crippen LogP contribution in [-0.4, -0.2) is 55.4 Å². The van der Waals surface area contributed by atoms with Crippen LogP contribution in [0.25, 0.3) is 10.2 Å². The van der Waals surface area contributed by atoms with Crippen LogP contribution in [0.4, 0.5) is 5.82 Å². The molecule has 2 aromatic rings. The number of carbonyl (C=O) groups excluding carboxylic acids is 1. The Hall–Kier alpha value is -1.77. The summed E-state index contributed by atoms with van der Waals surface area (Å²) in [6.45, 7) is 8.53. The third kappa shape index (κ3) is 5.12.